The third-order valence-corrected chi connectivity index (χ3v) is 4.61. The maximum atomic E-state index is 12.6. The molecule has 0 N–H and O–H groups in total. The lowest BCUT2D eigenvalue weighted by Crippen LogP contribution is -2.39. The van der Waals surface area contributed by atoms with Gasteiger partial charge < -0.3 is 14.4 Å². The highest BCUT2D eigenvalue weighted by molar-refractivity contribution is 5.68. The number of amides is 1. The Morgan fingerprint density at radius 2 is 2.00 bits per heavy atom. The topological polar surface area (TPSA) is 51.7 Å². The summed E-state index contributed by atoms with van der Waals surface area (Å²) >= 11 is 0. The van der Waals surface area contributed by atoms with E-state index in [2.05, 4.69) is 4.98 Å². The zero-order valence-electron chi connectivity index (χ0n) is 14.8. The fourth-order valence-electron chi connectivity index (χ4n) is 3.29. The van der Waals surface area contributed by atoms with Gasteiger partial charge in [0.05, 0.1) is 13.2 Å². The van der Waals surface area contributed by atoms with Gasteiger partial charge in [0.25, 0.3) is 0 Å². The number of benzene rings is 1. The second kappa shape index (κ2) is 8.01. The molecule has 0 saturated carbocycles. The van der Waals surface area contributed by atoms with Gasteiger partial charge in [0.2, 0.25) is 5.88 Å². The van der Waals surface area contributed by atoms with E-state index in [1.54, 1.807) is 7.11 Å². The Labute approximate surface area is 148 Å². The highest BCUT2D eigenvalue weighted by Crippen LogP contribution is 2.33. The van der Waals surface area contributed by atoms with Crippen molar-refractivity contribution in [3.8, 4) is 5.88 Å². The number of carbonyl (C=O) groups is 1. The average molecular weight is 340 g/mol. The second-order valence-corrected chi connectivity index (χ2v) is 6.27. The molecular weight excluding hydrogens is 316 g/mol. The number of carbonyl (C=O) groups excluding carboxylic acids is 1. The number of aromatic nitrogens is 1. The van der Waals surface area contributed by atoms with Gasteiger partial charge in [-0.05, 0) is 43.4 Å². The number of nitrogens with zero attached hydrogens (tertiary/aromatic N) is 2. The number of pyridine rings is 1. The smallest absolute Gasteiger partial charge is 0.410 e. The van der Waals surface area contributed by atoms with Crippen LogP contribution in [0.3, 0.4) is 0 Å². The minimum absolute atomic E-state index is 0.00966. The SMILES string of the molecule is COc1ccc(C2CCCCN2C(=O)OCc2ccccc2)c(C)n1. The number of piperidine rings is 1. The Morgan fingerprint density at radius 1 is 1.20 bits per heavy atom. The summed E-state index contributed by atoms with van der Waals surface area (Å²) in [6.45, 7) is 2.96. The molecule has 1 unspecified atom stereocenters. The summed E-state index contributed by atoms with van der Waals surface area (Å²) in [6, 6.07) is 13.6. The molecule has 0 aliphatic carbocycles. The van der Waals surface area contributed by atoms with Crippen molar-refractivity contribution in [2.24, 2.45) is 0 Å². The first-order valence-electron chi connectivity index (χ1n) is 8.68. The van der Waals surface area contributed by atoms with Gasteiger partial charge in [0.15, 0.2) is 0 Å². The van der Waals surface area contributed by atoms with Crippen molar-refractivity contribution < 1.29 is 14.3 Å². The van der Waals surface area contributed by atoms with Crippen molar-refractivity contribution in [1.82, 2.24) is 9.88 Å². The molecule has 25 heavy (non-hydrogen) atoms. The highest BCUT2D eigenvalue weighted by Gasteiger charge is 2.30. The summed E-state index contributed by atoms with van der Waals surface area (Å²) < 4.78 is 10.7. The van der Waals surface area contributed by atoms with Gasteiger partial charge in [-0.2, -0.15) is 0 Å². The van der Waals surface area contributed by atoms with E-state index in [1.807, 2.05) is 54.3 Å². The first-order valence-corrected chi connectivity index (χ1v) is 8.68. The second-order valence-electron chi connectivity index (χ2n) is 6.27. The van der Waals surface area contributed by atoms with Gasteiger partial charge in [0.1, 0.15) is 6.61 Å². The first-order chi connectivity index (χ1) is 12.2. The van der Waals surface area contributed by atoms with E-state index in [1.165, 1.54) is 0 Å². The molecule has 1 fully saturated rings. The largest absolute Gasteiger partial charge is 0.481 e. The number of methoxy groups -OCH3 is 1. The monoisotopic (exact) mass is 340 g/mol. The lowest BCUT2D eigenvalue weighted by Gasteiger charge is -2.35. The number of hydrogen-bond donors (Lipinski definition) is 0. The zero-order chi connectivity index (χ0) is 17.6. The summed E-state index contributed by atoms with van der Waals surface area (Å²) in [4.78, 5) is 18.9. The Balaban J connectivity index is 1.73. The summed E-state index contributed by atoms with van der Waals surface area (Å²) in [7, 11) is 1.61. The zero-order valence-corrected chi connectivity index (χ0v) is 14.8. The van der Waals surface area contributed by atoms with Gasteiger partial charge in [-0.15, -0.1) is 0 Å². The molecule has 1 amide bonds. The number of ether oxygens (including phenoxy) is 2. The third-order valence-electron chi connectivity index (χ3n) is 4.61. The van der Waals surface area contributed by atoms with Crippen LogP contribution in [0.5, 0.6) is 5.88 Å². The average Bonchev–Trinajstić information content (AvgIpc) is 2.67. The highest BCUT2D eigenvalue weighted by atomic mass is 16.6. The number of likely N-dealkylation sites (tertiary alicyclic amines) is 1. The van der Waals surface area contributed by atoms with Crippen molar-refractivity contribution in [2.75, 3.05) is 13.7 Å². The number of aryl methyl sites for hydroxylation is 1. The predicted octanol–water partition coefficient (Wildman–Crippen LogP) is 4.26. The predicted molar refractivity (Wildman–Crippen MR) is 95.5 cm³/mol. The molecule has 1 aromatic heterocycles. The van der Waals surface area contributed by atoms with E-state index in [9.17, 15) is 4.79 Å². The van der Waals surface area contributed by atoms with Crippen LogP contribution in [0.1, 0.15) is 42.1 Å². The quantitative estimate of drug-likeness (QED) is 0.834. The van der Waals surface area contributed by atoms with Crippen LogP contribution < -0.4 is 4.74 Å². The molecule has 1 aliphatic heterocycles. The van der Waals surface area contributed by atoms with E-state index in [0.717, 1.165) is 36.1 Å². The molecule has 2 heterocycles. The Morgan fingerprint density at radius 3 is 2.72 bits per heavy atom. The fourth-order valence-corrected chi connectivity index (χ4v) is 3.29. The maximum absolute atomic E-state index is 12.6. The van der Waals surface area contributed by atoms with Crippen molar-refractivity contribution in [3.05, 3.63) is 59.3 Å². The lowest BCUT2D eigenvalue weighted by atomic mass is 9.95. The van der Waals surface area contributed by atoms with Crippen molar-refractivity contribution in [1.29, 1.82) is 0 Å². The first kappa shape index (κ1) is 17.3. The molecule has 3 rings (SSSR count). The number of hydrogen-bond acceptors (Lipinski definition) is 4. The van der Waals surface area contributed by atoms with Crippen molar-refractivity contribution in [2.45, 2.75) is 38.8 Å². The molecule has 1 aromatic carbocycles. The minimum atomic E-state index is -0.260. The summed E-state index contributed by atoms with van der Waals surface area (Å²) in [6.07, 6.45) is 2.76. The molecule has 0 spiro atoms. The van der Waals surface area contributed by atoms with Crippen LogP contribution in [-0.4, -0.2) is 29.6 Å². The Bertz CT molecular complexity index is 718. The molecule has 0 bridgehead atoms. The minimum Gasteiger partial charge on any atom is -0.481 e. The molecule has 1 saturated heterocycles. The van der Waals surface area contributed by atoms with Gasteiger partial charge in [-0.1, -0.05) is 30.3 Å². The maximum Gasteiger partial charge on any atom is 0.410 e. The molecule has 2 aromatic rings. The summed E-state index contributed by atoms with van der Waals surface area (Å²) in [5.74, 6) is 0.593. The summed E-state index contributed by atoms with van der Waals surface area (Å²) in [5.41, 5.74) is 2.95. The molecule has 1 atom stereocenters. The Hall–Kier alpha value is -2.56. The third kappa shape index (κ3) is 4.10. The fraction of sp³-hybridized carbons (Fsp3) is 0.400. The van der Waals surface area contributed by atoms with Gasteiger partial charge in [-0.25, -0.2) is 9.78 Å². The molecule has 132 valence electrons. The normalized spacial score (nSPS) is 17.2. The van der Waals surface area contributed by atoms with E-state index >= 15 is 0 Å². The Kier molecular flexibility index (Phi) is 5.53. The van der Waals surface area contributed by atoms with Gasteiger partial charge in [-0.3, -0.25) is 0 Å². The van der Waals surface area contributed by atoms with Crippen LogP contribution in [-0.2, 0) is 11.3 Å². The van der Waals surface area contributed by atoms with Crippen LogP contribution in [0.25, 0.3) is 0 Å². The molecular formula is C20H24N2O3. The van der Waals surface area contributed by atoms with E-state index < -0.39 is 0 Å². The van der Waals surface area contributed by atoms with Gasteiger partial charge in [0, 0.05) is 18.3 Å². The molecule has 5 nitrogen and oxygen atoms in total. The van der Waals surface area contributed by atoms with Crippen LogP contribution in [0.2, 0.25) is 0 Å². The van der Waals surface area contributed by atoms with E-state index in [4.69, 9.17) is 9.47 Å². The van der Waals surface area contributed by atoms with E-state index in [0.29, 0.717) is 19.0 Å². The van der Waals surface area contributed by atoms with Crippen molar-refractivity contribution in [3.63, 3.8) is 0 Å². The standard InChI is InChI=1S/C20H24N2O3/c1-15-17(11-12-19(21-15)24-2)18-10-6-7-13-22(18)20(23)25-14-16-8-4-3-5-9-16/h3-5,8-9,11-12,18H,6-7,10,13-14H2,1-2H3. The van der Waals surface area contributed by atoms with E-state index in [-0.39, 0.29) is 12.1 Å². The van der Waals surface area contributed by atoms with Crippen LogP contribution in [0.4, 0.5) is 4.79 Å². The molecule has 5 heteroatoms. The molecule has 1 aliphatic rings. The summed E-state index contributed by atoms with van der Waals surface area (Å²) in [5, 5.41) is 0. The van der Waals surface area contributed by atoms with Gasteiger partial charge >= 0.3 is 6.09 Å². The molecule has 0 radical (unpaired) electrons. The van der Waals surface area contributed by atoms with Crippen LogP contribution >= 0.6 is 0 Å². The number of rotatable bonds is 4. The van der Waals surface area contributed by atoms with Crippen molar-refractivity contribution >= 4 is 6.09 Å². The lowest BCUT2D eigenvalue weighted by molar-refractivity contribution is 0.0676. The van der Waals surface area contributed by atoms with Crippen LogP contribution in [0, 0.1) is 6.92 Å². The van der Waals surface area contributed by atoms with Crippen LogP contribution in [0.15, 0.2) is 42.5 Å².